The second-order valence-electron chi connectivity index (χ2n) is 2.89. The highest BCUT2D eigenvalue weighted by molar-refractivity contribution is 7.89. The Morgan fingerprint density at radius 3 is 2.86 bits per heavy atom. The zero-order valence-corrected chi connectivity index (χ0v) is 8.53. The lowest BCUT2D eigenvalue weighted by atomic mass is 10.4. The summed E-state index contributed by atoms with van der Waals surface area (Å²) in [5.41, 5.74) is 0. The second-order valence-corrected chi connectivity index (χ2v) is 4.61. The zero-order chi connectivity index (χ0) is 10.6. The molecule has 0 spiro atoms. The first kappa shape index (κ1) is 11.1. The van der Waals surface area contributed by atoms with Crippen LogP contribution in [0, 0.1) is 0 Å². The highest BCUT2D eigenvalue weighted by atomic mass is 32.2. The smallest absolute Gasteiger partial charge is 0.242 e. The van der Waals surface area contributed by atoms with Crippen LogP contribution in [-0.2, 0) is 10.0 Å². The fourth-order valence-corrected chi connectivity index (χ4v) is 2.07. The van der Waals surface area contributed by atoms with E-state index >= 15 is 0 Å². The van der Waals surface area contributed by atoms with Gasteiger partial charge in [0.1, 0.15) is 4.90 Å². The van der Waals surface area contributed by atoms with Gasteiger partial charge in [-0.1, -0.05) is 0 Å². The van der Waals surface area contributed by atoms with Crippen LogP contribution in [0.5, 0.6) is 0 Å². The van der Waals surface area contributed by atoms with Crippen molar-refractivity contribution in [2.45, 2.75) is 17.9 Å². The van der Waals surface area contributed by atoms with Crippen molar-refractivity contribution in [3.8, 4) is 0 Å². The summed E-state index contributed by atoms with van der Waals surface area (Å²) >= 11 is 0. The molecule has 1 heterocycles. The van der Waals surface area contributed by atoms with Crippen LogP contribution in [0.4, 0.5) is 0 Å². The molecule has 0 fully saturated rings. The summed E-state index contributed by atoms with van der Waals surface area (Å²) in [5, 5.41) is 8.70. The zero-order valence-electron chi connectivity index (χ0n) is 7.71. The van der Waals surface area contributed by atoms with Crippen LogP contribution in [0.3, 0.4) is 0 Å². The molecule has 0 aliphatic rings. The van der Waals surface area contributed by atoms with Gasteiger partial charge in [-0.25, -0.2) is 13.1 Å². The first-order chi connectivity index (χ1) is 6.56. The molecule has 0 aliphatic heterocycles. The lowest BCUT2D eigenvalue weighted by Crippen LogP contribution is -2.35. The van der Waals surface area contributed by atoms with Crippen LogP contribution in [0.2, 0.25) is 0 Å². The third kappa shape index (κ3) is 2.76. The van der Waals surface area contributed by atoms with Gasteiger partial charge in [-0.15, -0.1) is 0 Å². The molecule has 0 unspecified atom stereocenters. The monoisotopic (exact) mass is 216 g/mol. The van der Waals surface area contributed by atoms with Gasteiger partial charge in [0.05, 0.1) is 6.61 Å². The number of pyridine rings is 1. The SMILES string of the molecule is C[C@@H](CO)NS(=O)(=O)c1cccnc1. The summed E-state index contributed by atoms with van der Waals surface area (Å²) < 4.78 is 25.4. The van der Waals surface area contributed by atoms with E-state index in [2.05, 4.69) is 9.71 Å². The molecular weight excluding hydrogens is 204 g/mol. The lowest BCUT2D eigenvalue weighted by molar-refractivity contribution is 0.265. The summed E-state index contributed by atoms with van der Waals surface area (Å²) in [4.78, 5) is 3.80. The van der Waals surface area contributed by atoms with E-state index in [0.29, 0.717) is 0 Å². The normalized spacial score (nSPS) is 13.9. The third-order valence-electron chi connectivity index (χ3n) is 1.57. The van der Waals surface area contributed by atoms with Crippen molar-refractivity contribution in [3.05, 3.63) is 24.5 Å². The maximum atomic E-state index is 11.5. The van der Waals surface area contributed by atoms with Crippen LogP contribution < -0.4 is 4.72 Å². The molecule has 0 amide bonds. The minimum Gasteiger partial charge on any atom is -0.395 e. The van der Waals surface area contributed by atoms with Crippen LogP contribution in [0.1, 0.15) is 6.92 Å². The molecule has 0 bridgehead atoms. The first-order valence-corrected chi connectivity index (χ1v) is 5.58. The number of aliphatic hydroxyl groups excluding tert-OH is 1. The van der Waals surface area contributed by atoms with Gasteiger partial charge < -0.3 is 5.11 Å². The van der Waals surface area contributed by atoms with Crippen molar-refractivity contribution >= 4 is 10.0 Å². The number of hydrogen-bond donors (Lipinski definition) is 2. The molecule has 1 aromatic rings. The third-order valence-corrected chi connectivity index (χ3v) is 3.15. The van der Waals surface area contributed by atoms with Crippen LogP contribution in [-0.4, -0.2) is 31.2 Å². The van der Waals surface area contributed by atoms with Gasteiger partial charge in [0.15, 0.2) is 0 Å². The summed E-state index contributed by atoms with van der Waals surface area (Å²) in [7, 11) is -3.54. The van der Waals surface area contributed by atoms with Crippen molar-refractivity contribution in [2.24, 2.45) is 0 Å². The number of rotatable bonds is 4. The Bertz CT molecular complexity index is 377. The molecule has 5 nitrogen and oxygen atoms in total. The van der Waals surface area contributed by atoms with Crippen molar-refractivity contribution < 1.29 is 13.5 Å². The topological polar surface area (TPSA) is 79.3 Å². The minimum atomic E-state index is -3.54. The van der Waals surface area contributed by atoms with Crippen molar-refractivity contribution in [3.63, 3.8) is 0 Å². The molecule has 0 radical (unpaired) electrons. The minimum absolute atomic E-state index is 0.0975. The molecule has 1 aromatic heterocycles. The molecule has 6 heteroatoms. The van der Waals surface area contributed by atoms with Crippen molar-refractivity contribution in [1.82, 2.24) is 9.71 Å². The molecule has 78 valence electrons. The highest BCUT2D eigenvalue weighted by Gasteiger charge is 2.16. The van der Waals surface area contributed by atoms with E-state index in [1.807, 2.05) is 0 Å². The van der Waals surface area contributed by atoms with E-state index in [1.165, 1.54) is 24.5 Å². The van der Waals surface area contributed by atoms with E-state index in [9.17, 15) is 8.42 Å². The number of nitrogens with one attached hydrogen (secondary N) is 1. The molecule has 0 saturated heterocycles. The first-order valence-electron chi connectivity index (χ1n) is 4.09. The Morgan fingerprint density at radius 2 is 2.36 bits per heavy atom. The van der Waals surface area contributed by atoms with Gasteiger partial charge in [0.2, 0.25) is 10.0 Å². The maximum Gasteiger partial charge on any atom is 0.242 e. The summed E-state index contributed by atoms with van der Waals surface area (Å²) in [6.07, 6.45) is 2.75. The molecular formula is C8H12N2O3S. The van der Waals surface area contributed by atoms with Gasteiger partial charge in [0.25, 0.3) is 0 Å². The standard InChI is InChI=1S/C8H12N2O3S/c1-7(6-11)10-14(12,13)8-3-2-4-9-5-8/h2-5,7,10-11H,6H2,1H3/t7-/m0/s1. The van der Waals surface area contributed by atoms with Crippen LogP contribution >= 0.6 is 0 Å². The fourth-order valence-electron chi connectivity index (χ4n) is 0.876. The average Bonchev–Trinajstić information content (AvgIpc) is 2.18. The van der Waals surface area contributed by atoms with Gasteiger partial charge in [-0.2, -0.15) is 0 Å². The summed E-state index contributed by atoms with van der Waals surface area (Å²) in [6, 6.07) is 2.48. The average molecular weight is 216 g/mol. The Hall–Kier alpha value is -0.980. The Morgan fingerprint density at radius 1 is 1.64 bits per heavy atom. The molecule has 0 saturated carbocycles. The fraction of sp³-hybridized carbons (Fsp3) is 0.375. The molecule has 1 rings (SSSR count). The second kappa shape index (κ2) is 4.50. The van der Waals surface area contributed by atoms with Gasteiger partial charge >= 0.3 is 0 Å². The Balaban J connectivity index is 2.87. The van der Waals surface area contributed by atoms with E-state index in [-0.39, 0.29) is 11.5 Å². The Labute approximate surface area is 82.9 Å². The lowest BCUT2D eigenvalue weighted by Gasteiger charge is -2.10. The number of hydrogen-bond acceptors (Lipinski definition) is 4. The number of nitrogens with zero attached hydrogens (tertiary/aromatic N) is 1. The van der Waals surface area contributed by atoms with Crippen LogP contribution in [0.15, 0.2) is 29.4 Å². The predicted octanol–water partition coefficient (Wildman–Crippen LogP) is -0.259. The van der Waals surface area contributed by atoms with Crippen molar-refractivity contribution in [2.75, 3.05) is 6.61 Å². The molecule has 1 atom stereocenters. The largest absolute Gasteiger partial charge is 0.395 e. The van der Waals surface area contributed by atoms with E-state index < -0.39 is 16.1 Å². The Kier molecular flexibility index (Phi) is 3.56. The highest BCUT2D eigenvalue weighted by Crippen LogP contribution is 2.05. The molecule has 2 N–H and O–H groups in total. The molecule has 0 aromatic carbocycles. The van der Waals surface area contributed by atoms with Crippen molar-refractivity contribution in [1.29, 1.82) is 0 Å². The van der Waals surface area contributed by atoms with Gasteiger partial charge in [-0.3, -0.25) is 4.98 Å². The summed E-state index contributed by atoms with van der Waals surface area (Å²) in [6.45, 7) is 1.34. The van der Waals surface area contributed by atoms with Crippen LogP contribution in [0.25, 0.3) is 0 Å². The maximum absolute atomic E-state index is 11.5. The number of aliphatic hydroxyl groups is 1. The quantitative estimate of drug-likeness (QED) is 0.726. The van der Waals surface area contributed by atoms with E-state index in [1.54, 1.807) is 6.92 Å². The molecule has 14 heavy (non-hydrogen) atoms. The van der Waals surface area contributed by atoms with Gasteiger partial charge in [0, 0.05) is 18.4 Å². The number of sulfonamides is 1. The van der Waals surface area contributed by atoms with Gasteiger partial charge in [-0.05, 0) is 19.1 Å². The summed E-state index contributed by atoms with van der Waals surface area (Å²) in [5.74, 6) is 0. The molecule has 0 aliphatic carbocycles. The van der Waals surface area contributed by atoms with E-state index in [4.69, 9.17) is 5.11 Å². The number of aromatic nitrogens is 1. The predicted molar refractivity (Wildman–Crippen MR) is 51.1 cm³/mol. The van der Waals surface area contributed by atoms with E-state index in [0.717, 1.165) is 0 Å².